The van der Waals surface area contributed by atoms with Gasteiger partial charge in [-0.1, -0.05) is 13.0 Å². The zero-order valence-electron chi connectivity index (χ0n) is 13.5. The summed E-state index contributed by atoms with van der Waals surface area (Å²) in [4.78, 5) is 24.0. The van der Waals surface area contributed by atoms with Gasteiger partial charge >= 0.3 is 0 Å². The Morgan fingerprint density at radius 3 is 2.58 bits per heavy atom. The molecule has 3 N–H and O–H groups in total. The summed E-state index contributed by atoms with van der Waals surface area (Å²) < 4.78 is 5.03. The highest BCUT2D eigenvalue weighted by atomic mass is 35.5. The number of halogens is 1. The summed E-state index contributed by atoms with van der Waals surface area (Å²) in [5.41, 5.74) is 1.04. The largest absolute Gasteiger partial charge is 0.459 e. The van der Waals surface area contributed by atoms with E-state index in [0.717, 1.165) is 19.5 Å². The number of amides is 2. The first-order valence-corrected chi connectivity index (χ1v) is 7.64. The Kier molecular flexibility index (Phi) is 8.60. The predicted molar refractivity (Wildman–Crippen MR) is 95.8 cm³/mol. The Hall–Kier alpha value is -2.31. The molecule has 2 aromatic rings. The Morgan fingerprint density at radius 1 is 1.04 bits per heavy atom. The number of rotatable bonds is 8. The zero-order valence-corrected chi connectivity index (χ0v) is 14.3. The first-order chi connectivity index (χ1) is 11.2. The third-order valence-corrected chi connectivity index (χ3v) is 3.14. The molecule has 0 unspecified atom stereocenters. The molecule has 1 heterocycles. The van der Waals surface area contributed by atoms with Gasteiger partial charge in [-0.25, -0.2) is 0 Å². The van der Waals surface area contributed by atoms with E-state index in [1.165, 1.54) is 6.26 Å². The average Bonchev–Trinajstić information content (AvgIpc) is 3.09. The van der Waals surface area contributed by atoms with Crippen molar-refractivity contribution in [2.24, 2.45) is 0 Å². The van der Waals surface area contributed by atoms with Crippen LogP contribution in [0.4, 0.5) is 5.69 Å². The smallest absolute Gasteiger partial charge is 0.291 e. The summed E-state index contributed by atoms with van der Waals surface area (Å²) >= 11 is 0. The van der Waals surface area contributed by atoms with Gasteiger partial charge in [-0.2, -0.15) is 0 Å². The summed E-state index contributed by atoms with van der Waals surface area (Å²) in [7, 11) is 0. The standard InChI is InChI=1S/C17H21N3O3.ClH/c1-2-8-18-9-10-19-16(21)13-5-3-6-14(12-13)20-17(22)15-7-4-11-23-15;/h3-7,11-12,18H,2,8-10H2,1H3,(H,19,21)(H,20,22);1H. The molecule has 2 rings (SSSR count). The van der Waals surface area contributed by atoms with Crippen LogP contribution >= 0.6 is 12.4 Å². The Balaban J connectivity index is 0.00000288. The molecule has 130 valence electrons. The van der Waals surface area contributed by atoms with Gasteiger partial charge in [0.15, 0.2) is 5.76 Å². The Morgan fingerprint density at radius 2 is 1.88 bits per heavy atom. The normalized spacial score (nSPS) is 9.88. The lowest BCUT2D eigenvalue weighted by atomic mass is 10.2. The summed E-state index contributed by atoms with van der Waals surface area (Å²) in [5, 5.41) is 8.74. The number of hydrogen-bond donors (Lipinski definition) is 3. The van der Waals surface area contributed by atoms with Crippen molar-refractivity contribution in [3.8, 4) is 0 Å². The Bertz CT molecular complexity index is 644. The Labute approximate surface area is 147 Å². The van der Waals surface area contributed by atoms with Crippen LogP contribution in [-0.4, -0.2) is 31.4 Å². The fourth-order valence-electron chi connectivity index (χ4n) is 2.01. The van der Waals surface area contributed by atoms with Crippen LogP contribution in [0.3, 0.4) is 0 Å². The second kappa shape index (κ2) is 10.5. The molecule has 0 radical (unpaired) electrons. The van der Waals surface area contributed by atoms with Crippen LogP contribution in [-0.2, 0) is 0 Å². The molecular weight excluding hydrogens is 330 g/mol. The number of carbonyl (C=O) groups is 2. The number of hydrogen-bond acceptors (Lipinski definition) is 4. The van der Waals surface area contributed by atoms with Crippen LogP contribution in [0.25, 0.3) is 0 Å². The molecule has 0 aliphatic heterocycles. The maximum absolute atomic E-state index is 12.1. The maximum atomic E-state index is 12.1. The van der Waals surface area contributed by atoms with Crippen LogP contribution in [0.1, 0.15) is 34.3 Å². The second-order valence-electron chi connectivity index (χ2n) is 5.02. The van der Waals surface area contributed by atoms with Crippen molar-refractivity contribution in [1.82, 2.24) is 10.6 Å². The van der Waals surface area contributed by atoms with Crippen molar-refractivity contribution < 1.29 is 14.0 Å². The number of furan rings is 1. The van der Waals surface area contributed by atoms with E-state index in [0.29, 0.717) is 17.8 Å². The highest BCUT2D eigenvalue weighted by Gasteiger charge is 2.10. The van der Waals surface area contributed by atoms with Crippen LogP contribution in [0.15, 0.2) is 47.1 Å². The van der Waals surface area contributed by atoms with Gasteiger partial charge in [-0.05, 0) is 43.3 Å². The average molecular weight is 352 g/mol. The highest BCUT2D eigenvalue weighted by molar-refractivity contribution is 6.03. The van der Waals surface area contributed by atoms with Crippen molar-refractivity contribution in [2.75, 3.05) is 25.0 Å². The van der Waals surface area contributed by atoms with Gasteiger partial charge in [0.2, 0.25) is 0 Å². The first-order valence-electron chi connectivity index (χ1n) is 7.64. The molecule has 2 amide bonds. The van der Waals surface area contributed by atoms with E-state index in [-0.39, 0.29) is 30.0 Å². The summed E-state index contributed by atoms with van der Waals surface area (Å²) in [5.74, 6) is -0.296. The molecule has 7 heteroatoms. The molecule has 0 saturated carbocycles. The van der Waals surface area contributed by atoms with Crippen LogP contribution in [0.2, 0.25) is 0 Å². The molecule has 0 bridgehead atoms. The van der Waals surface area contributed by atoms with Crippen LogP contribution in [0.5, 0.6) is 0 Å². The van der Waals surface area contributed by atoms with Gasteiger partial charge in [0.25, 0.3) is 11.8 Å². The minimum Gasteiger partial charge on any atom is -0.459 e. The zero-order chi connectivity index (χ0) is 16.5. The minimum atomic E-state index is -0.351. The lowest BCUT2D eigenvalue weighted by molar-refractivity contribution is 0.0951. The van der Waals surface area contributed by atoms with Gasteiger partial charge in [-0.3, -0.25) is 9.59 Å². The van der Waals surface area contributed by atoms with E-state index < -0.39 is 0 Å². The summed E-state index contributed by atoms with van der Waals surface area (Å²) in [6.07, 6.45) is 2.50. The minimum absolute atomic E-state index is 0. The summed E-state index contributed by atoms with van der Waals surface area (Å²) in [6, 6.07) is 10.0. The van der Waals surface area contributed by atoms with Crippen LogP contribution < -0.4 is 16.0 Å². The highest BCUT2D eigenvalue weighted by Crippen LogP contribution is 2.12. The van der Waals surface area contributed by atoms with Gasteiger partial charge in [-0.15, -0.1) is 12.4 Å². The van der Waals surface area contributed by atoms with Crippen molar-refractivity contribution >= 4 is 29.9 Å². The van der Waals surface area contributed by atoms with Gasteiger partial charge in [0, 0.05) is 24.3 Å². The molecule has 0 atom stereocenters. The fourth-order valence-corrected chi connectivity index (χ4v) is 2.01. The predicted octanol–water partition coefficient (Wildman–Crippen LogP) is 2.68. The molecule has 0 spiro atoms. The van der Waals surface area contributed by atoms with Crippen molar-refractivity contribution in [1.29, 1.82) is 0 Å². The SMILES string of the molecule is CCCNCCNC(=O)c1cccc(NC(=O)c2ccco2)c1.Cl. The number of anilines is 1. The van der Waals surface area contributed by atoms with Crippen LogP contribution in [0, 0.1) is 0 Å². The molecule has 24 heavy (non-hydrogen) atoms. The second-order valence-corrected chi connectivity index (χ2v) is 5.02. The summed E-state index contributed by atoms with van der Waals surface area (Å²) in [6.45, 7) is 4.31. The van der Waals surface area contributed by atoms with E-state index in [9.17, 15) is 9.59 Å². The number of benzene rings is 1. The van der Waals surface area contributed by atoms with Gasteiger partial charge < -0.3 is 20.4 Å². The molecule has 1 aromatic heterocycles. The van der Waals surface area contributed by atoms with Crippen molar-refractivity contribution in [2.45, 2.75) is 13.3 Å². The molecule has 1 aromatic carbocycles. The quantitative estimate of drug-likeness (QED) is 0.638. The van der Waals surface area contributed by atoms with E-state index in [4.69, 9.17) is 4.42 Å². The monoisotopic (exact) mass is 351 g/mol. The molecule has 0 saturated heterocycles. The number of carbonyl (C=O) groups excluding carboxylic acids is 2. The van der Waals surface area contributed by atoms with Crippen molar-refractivity contribution in [3.63, 3.8) is 0 Å². The molecule has 0 fully saturated rings. The maximum Gasteiger partial charge on any atom is 0.291 e. The van der Waals surface area contributed by atoms with Gasteiger partial charge in [0.1, 0.15) is 0 Å². The third kappa shape index (κ3) is 6.06. The van der Waals surface area contributed by atoms with E-state index in [1.54, 1.807) is 36.4 Å². The van der Waals surface area contributed by atoms with Crippen molar-refractivity contribution in [3.05, 3.63) is 54.0 Å². The first kappa shape index (κ1) is 19.7. The molecule has 0 aliphatic carbocycles. The van der Waals surface area contributed by atoms with E-state index in [2.05, 4.69) is 22.9 Å². The van der Waals surface area contributed by atoms with E-state index >= 15 is 0 Å². The third-order valence-electron chi connectivity index (χ3n) is 3.14. The molecular formula is C17H22ClN3O3. The fraction of sp³-hybridized carbons (Fsp3) is 0.294. The lowest BCUT2D eigenvalue weighted by Crippen LogP contribution is -2.32. The van der Waals surface area contributed by atoms with E-state index in [1.807, 2.05) is 0 Å². The molecule has 6 nitrogen and oxygen atoms in total. The topological polar surface area (TPSA) is 83.4 Å². The van der Waals surface area contributed by atoms with Gasteiger partial charge in [0.05, 0.1) is 6.26 Å². The lowest BCUT2D eigenvalue weighted by Gasteiger charge is -2.08. The number of nitrogens with one attached hydrogen (secondary N) is 3. The molecule has 0 aliphatic rings.